The molecule has 0 saturated carbocycles. The van der Waals surface area contributed by atoms with Crippen LogP contribution in [0.25, 0.3) is 0 Å². The Morgan fingerprint density at radius 2 is 1.47 bits per heavy atom. The first kappa shape index (κ1) is 33.9. The van der Waals surface area contributed by atoms with E-state index in [9.17, 15) is 19.5 Å². The fraction of sp³-hybridized carbons (Fsp3) is 0.282. The monoisotopic (exact) mass is 691 g/mol. The normalized spacial score (nSPS) is 25.3. The van der Waals surface area contributed by atoms with E-state index in [4.69, 9.17) is 24.7 Å². The number of carbonyl (C=O) groups excluding carboxylic acids is 4. The maximum atomic E-state index is 15.5. The molecule has 0 radical (unpaired) electrons. The molecule has 0 aliphatic carbocycles. The quantitative estimate of drug-likeness (QED) is 0.184. The van der Waals surface area contributed by atoms with Gasteiger partial charge in [-0.3, -0.25) is 19.3 Å². The molecule has 3 aliphatic heterocycles. The van der Waals surface area contributed by atoms with Crippen molar-refractivity contribution in [1.29, 1.82) is 0 Å². The lowest BCUT2D eigenvalue weighted by Crippen LogP contribution is -2.55. The minimum absolute atomic E-state index is 0.0707. The average molecular weight is 692 g/mol. The lowest BCUT2D eigenvalue weighted by atomic mass is 9.65. The van der Waals surface area contributed by atoms with Gasteiger partial charge in [0.05, 0.1) is 36.9 Å². The minimum atomic E-state index is -1.95. The molecule has 51 heavy (non-hydrogen) atoms. The maximum Gasteiger partial charge on any atom is 0.421 e. The predicted octanol–water partition coefficient (Wildman–Crippen LogP) is 3.99. The van der Waals surface area contributed by atoms with Crippen LogP contribution >= 0.6 is 0 Å². The number of para-hydroxylation sites is 2. The van der Waals surface area contributed by atoms with Gasteiger partial charge in [-0.05, 0) is 28.8 Å². The number of morpholine rings is 1. The van der Waals surface area contributed by atoms with Crippen molar-refractivity contribution in [3.8, 4) is 5.75 Å². The average Bonchev–Trinajstić information content (AvgIpc) is 3.61. The molecule has 1 spiro atoms. The Balaban J connectivity index is 1.55. The van der Waals surface area contributed by atoms with E-state index < -0.39 is 59.4 Å². The Hall–Kier alpha value is -5.56. The largest absolute Gasteiger partial charge is 0.491 e. The molecule has 3 aliphatic rings. The van der Waals surface area contributed by atoms with E-state index in [1.165, 1.54) is 7.11 Å². The molecule has 12 heteroatoms. The highest BCUT2D eigenvalue weighted by Crippen LogP contribution is 2.66. The SMILES string of the molecule is COCCOC(=O)N1C(=O)[C@@]2(c3ccccc31)[C@H](c1ccccc1OCCO)N1[C@H](c3ccccc3)[C@H](c3ccccc3)OC(=O)[C@H]1[C@@H]2C(N)=O. The third-order valence-corrected chi connectivity index (χ3v) is 9.93. The summed E-state index contributed by atoms with van der Waals surface area (Å²) in [5.74, 6) is -3.67. The molecule has 4 aromatic carbocycles. The van der Waals surface area contributed by atoms with Crippen LogP contribution in [0.2, 0.25) is 0 Å². The Morgan fingerprint density at radius 3 is 2.16 bits per heavy atom. The number of ether oxygens (including phenoxy) is 4. The zero-order valence-corrected chi connectivity index (χ0v) is 27.8. The number of carbonyl (C=O) groups is 4. The Kier molecular flexibility index (Phi) is 9.30. The Bertz CT molecular complexity index is 1940. The molecule has 2 saturated heterocycles. The minimum Gasteiger partial charge on any atom is -0.491 e. The number of nitrogens with two attached hydrogens (primary N) is 1. The van der Waals surface area contributed by atoms with Crippen LogP contribution in [0.4, 0.5) is 10.5 Å². The van der Waals surface area contributed by atoms with Crippen molar-refractivity contribution >= 4 is 29.6 Å². The number of primary amides is 1. The maximum absolute atomic E-state index is 15.5. The van der Waals surface area contributed by atoms with E-state index >= 15 is 4.79 Å². The summed E-state index contributed by atoms with van der Waals surface area (Å²) in [5, 5.41) is 9.76. The van der Waals surface area contributed by atoms with Crippen molar-refractivity contribution in [2.75, 3.05) is 38.4 Å². The molecular weight excluding hydrogens is 654 g/mol. The summed E-state index contributed by atoms with van der Waals surface area (Å²) >= 11 is 0. The number of rotatable bonds is 10. The van der Waals surface area contributed by atoms with E-state index in [1.54, 1.807) is 48.5 Å². The topological polar surface area (TPSA) is 158 Å². The number of nitrogens with zero attached hydrogens (tertiary/aromatic N) is 2. The smallest absolute Gasteiger partial charge is 0.421 e. The molecule has 6 atom stereocenters. The van der Waals surface area contributed by atoms with Crippen LogP contribution in [0.5, 0.6) is 5.75 Å². The molecule has 0 unspecified atom stereocenters. The number of hydrogen-bond donors (Lipinski definition) is 2. The number of benzene rings is 4. The van der Waals surface area contributed by atoms with Gasteiger partial charge in [-0.1, -0.05) is 97.1 Å². The fourth-order valence-corrected chi connectivity index (χ4v) is 8.11. The van der Waals surface area contributed by atoms with Crippen molar-refractivity contribution < 1.29 is 43.2 Å². The van der Waals surface area contributed by atoms with Gasteiger partial charge in [0.2, 0.25) is 11.8 Å². The van der Waals surface area contributed by atoms with Gasteiger partial charge >= 0.3 is 12.1 Å². The highest BCUT2D eigenvalue weighted by atomic mass is 16.6. The molecule has 0 bridgehead atoms. The number of aliphatic hydroxyl groups excluding tert-OH is 1. The highest BCUT2D eigenvalue weighted by Gasteiger charge is 2.75. The van der Waals surface area contributed by atoms with Crippen LogP contribution in [0, 0.1) is 5.92 Å². The number of cyclic esters (lactones) is 1. The number of methoxy groups -OCH3 is 1. The van der Waals surface area contributed by atoms with Gasteiger partial charge in [-0.25, -0.2) is 9.69 Å². The van der Waals surface area contributed by atoms with E-state index in [0.717, 1.165) is 10.5 Å². The number of esters is 1. The molecule has 12 nitrogen and oxygen atoms in total. The molecule has 3 N–H and O–H groups in total. The van der Waals surface area contributed by atoms with Crippen LogP contribution in [0.15, 0.2) is 109 Å². The highest BCUT2D eigenvalue weighted by molar-refractivity contribution is 6.23. The van der Waals surface area contributed by atoms with Gasteiger partial charge < -0.3 is 29.8 Å². The van der Waals surface area contributed by atoms with Gasteiger partial charge in [-0.2, -0.15) is 0 Å². The summed E-state index contributed by atoms with van der Waals surface area (Å²) in [4.78, 5) is 60.7. The van der Waals surface area contributed by atoms with Crippen LogP contribution in [-0.2, 0) is 34.0 Å². The number of imide groups is 1. The summed E-state index contributed by atoms with van der Waals surface area (Å²) in [7, 11) is 1.46. The first-order valence-electron chi connectivity index (χ1n) is 16.7. The molecule has 4 aromatic rings. The van der Waals surface area contributed by atoms with Crippen molar-refractivity contribution in [3.05, 3.63) is 131 Å². The predicted molar refractivity (Wildman–Crippen MR) is 183 cm³/mol. The summed E-state index contributed by atoms with van der Waals surface area (Å²) in [6.07, 6.45) is -1.85. The van der Waals surface area contributed by atoms with Gasteiger partial charge in [-0.15, -0.1) is 0 Å². The van der Waals surface area contributed by atoms with Gasteiger partial charge in [0.1, 0.15) is 36.5 Å². The molecule has 262 valence electrons. The molecule has 7 rings (SSSR count). The summed E-state index contributed by atoms with van der Waals surface area (Å²) < 4.78 is 22.9. The van der Waals surface area contributed by atoms with E-state index in [2.05, 4.69) is 0 Å². The first-order chi connectivity index (χ1) is 24.9. The van der Waals surface area contributed by atoms with Gasteiger partial charge in [0.15, 0.2) is 0 Å². The second kappa shape index (κ2) is 14.0. The van der Waals surface area contributed by atoms with Crippen molar-refractivity contribution in [3.63, 3.8) is 0 Å². The molecule has 3 heterocycles. The lowest BCUT2D eigenvalue weighted by molar-refractivity contribution is -0.178. The van der Waals surface area contributed by atoms with Crippen molar-refractivity contribution in [2.45, 2.75) is 29.6 Å². The van der Waals surface area contributed by atoms with Gasteiger partial charge in [0.25, 0.3) is 0 Å². The van der Waals surface area contributed by atoms with Crippen LogP contribution in [0.3, 0.4) is 0 Å². The zero-order valence-electron chi connectivity index (χ0n) is 27.8. The van der Waals surface area contributed by atoms with Crippen molar-refractivity contribution in [2.24, 2.45) is 11.7 Å². The third kappa shape index (κ3) is 5.43. The number of hydrogen-bond acceptors (Lipinski definition) is 10. The lowest BCUT2D eigenvalue weighted by Gasteiger charge is -2.46. The Morgan fingerprint density at radius 1 is 0.824 bits per heavy atom. The van der Waals surface area contributed by atoms with Crippen LogP contribution < -0.4 is 15.4 Å². The number of aliphatic hydroxyl groups is 1. The molecule has 0 aromatic heterocycles. The zero-order chi connectivity index (χ0) is 35.7. The molecule has 3 amide bonds. The van der Waals surface area contributed by atoms with E-state index in [1.807, 2.05) is 65.6 Å². The van der Waals surface area contributed by atoms with Gasteiger partial charge in [0, 0.05) is 12.7 Å². The molecular formula is C39H37N3O9. The third-order valence-electron chi connectivity index (χ3n) is 9.93. The Labute approximate surface area is 294 Å². The standard InChI is InChI=1S/C39H37N3O9/c1-48-22-23-50-38(47)41-28-18-10-9-17-27(28)39(37(41)46)30(35(40)44)32-36(45)51-33(25-14-6-3-7-15-25)31(24-12-4-2-5-13-24)42(32)34(39)26-16-8-11-19-29(26)49-21-20-43/h2-19,30-34,43H,20-23H2,1H3,(H2,40,44)/t30-,31-,32-,33+,34+,39-/m1/s1. The first-order valence-corrected chi connectivity index (χ1v) is 16.7. The molecule has 2 fully saturated rings. The van der Waals surface area contributed by atoms with Crippen LogP contribution in [-0.4, -0.2) is 73.5 Å². The van der Waals surface area contributed by atoms with E-state index in [0.29, 0.717) is 22.4 Å². The second-order valence-corrected chi connectivity index (χ2v) is 12.5. The van der Waals surface area contributed by atoms with Crippen LogP contribution in [0.1, 0.15) is 40.4 Å². The van der Waals surface area contributed by atoms with E-state index in [-0.39, 0.29) is 32.1 Å². The second-order valence-electron chi connectivity index (χ2n) is 12.5. The summed E-state index contributed by atoms with van der Waals surface area (Å²) in [5.41, 5.74) is 6.75. The number of fused-ring (bicyclic) bond motifs is 3. The summed E-state index contributed by atoms with van der Waals surface area (Å²) in [6, 6.07) is 29.0. The number of anilines is 1. The van der Waals surface area contributed by atoms with Crippen molar-refractivity contribution in [1.82, 2.24) is 4.90 Å². The number of amides is 3. The fourth-order valence-electron chi connectivity index (χ4n) is 8.11. The summed E-state index contributed by atoms with van der Waals surface area (Å²) in [6.45, 7) is -0.411.